The maximum atomic E-state index is 0. The van der Waals surface area contributed by atoms with Crippen molar-refractivity contribution < 1.29 is 65.6 Å². The van der Waals surface area contributed by atoms with Crippen molar-refractivity contribution in [2.75, 3.05) is 0 Å². The van der Waals surface area contributed by atoms with Crippen molar-refractivity contribution in [3.05, 3.63) is 0 Å². The summed E-state index contributed by atoms with van der Waals surface area (Å²) in [5.74, 6) is 0. The monoisotopic (exact) mass is 276 g/mol. The second kappa shape index (κ2) is 647. The zero-order chi connectivity index (χ0) is 0. The van der Waals surface area contributed by atoms with E-state index < -0.39 is 0 Å². The van der Waals surface area contributed by atoms with Crippen molar-refractivity contribution in [3.63, 3.8) is 0 Å². The van der Waals surface area contributed by atoms with Gasteiger partial charge in [0.15, 0.2) is 0 Å². The Bertz CT molecular complexity index is 8.88. The van der Waals surface area contributed by atoms with Crippen LogP contribution < -0.4 is 0 Å². The summed E-state index contributed by atoms with van der Waals surface area (Å²) in [6.45, 7) is 0. The van der Waals surface area contributed by atoms with Gasteiger partial charge < -0.3 is 38.3 Å². The molecule has 0 radical (unpaired) electrons. The number of halogens is 1. The fourth-order valence-corrected chi connectivity index (χ4v) is 0. The second-order valence-corrected chi connectivity index (χ2v) is 0. The minimum Gasteiger partial charge on any atom is -0.412 e. The maximum Gasteiger partial charge on any atom is 0 e. The molecule has 0 heterocycles. The summed E-state index contributed by atoms with van der Waals surface area (Å²) < 4.78 is 0. The van der Waals surface area contributed by atoms with Gasteiger partial charge in [0.2, 0.25) is 0 Å². The molecule has 0 aliphatic rings. The molecule has 0 amide bonds. The third-order valence-corrected chi connectivity index (χ3v) is 0. The zero-order valence-corrected chi connectivity index (χ0v) is 9.47. The minimum absolute atomic E-state index is 0. The summed E-state index contributed by atoms with van der Waals surface area (Å²) in [6.07, 6.45) is 0. The van der Waals surface area contributed by atoms with E-state index in [1.807, 2.05) is 0 Å². The molecule has 0 aromatic carbocycles. The first kappa shape index (κ1) is 912. The Morgan fingerprint density at radius 3 is 0.333 bits per heavy atom. The maximum absolute atomic E-state index is 0. The van der Waals surface area contributed by atoms with E-state index in [4.69, 9.17) is 0 Å². The molecule has 0 aliphatic heterocycles. The molecule has 0 saturated carbocycles. The molecule has 9 heavy (non-hydrogen) atoms. The molecule has 0 aromatic rings. The van der Waals surface area contributed by atoms with E-state index in [9.17, 15) is 0 Å². The van der Waals surface area contributed by atoms with E-state index >= 15 is 0 Å². The molecule has 0 unspecified atom stereocenters. The van der Waals surface area contributed by atoms with Gasteiger partial charge in [-0.15, -0.1) is 12.4 Å². The quantitative estimate of drug-likeness (QED) is 0.377. The molecule has 0 bridgehead atoms. The van der Waals surface area contributed by atoms with Crippen molar-refractivity contribution in [2.24, 2.45) is 0 Å². The van der Waals surface area contributed by atoms with Gasteiger partial charge in [0, 0.05) is 27.3 Å². The minimum atomic E-state index is 0. The van der Waals surface area contributed by atoms with Crippen molar-refractivity contribution in [1.82, 2.24) is 0 Å². The van der Waals surface area contributed by atoms with E-state index in [1.165, 1.54) is 0 Å². The SMILES string of the molecule is Cl.O.O.O.O.O.O.O.[Cd]. The summed E-state index contributed by atoms with van der Waals surface area (Å²) in [6, 6.07) is 0. The van der Waals surface area contributed by atoms with E-state index in [-0.39, 0.29) is 78.0 Å². The molecule has 7 nitrogen and oxygen atoms in total. The van der Waals surface area contributed by atoms with Gasteiger partial charge in [0.25, 0.3) is 0 Å². The van der Waals surface area contributed by atoms with Gasteiger partial charge in [-0.25, -0.2) is 0 Å². The van der Waals surface area contributed by atoms with Crippen LogP contribution in [0.5, 0.6) is 0 Å². The topological polar surface area (TPSA) is 220 Å². The Kier molecular flexibility index (Phi) is 65600. The summed E-state index contributed by atoms with van der Waals surface area (Å²) in [5, 5.41) is 0. The van der Waals surface area contributed by atoms with Crippen LogP contribution in [0.2, 0.25) is 0 Å². The van der Waals surface area contributed by atoms with Crippen molar-refractivity contribution in [1.29, 1.82) is 0 Å². The van der Waals surface area contributed by atoms with Crippen LogP contribution in [0.1, 0.15) is 0 Å². The van der Waals surface area contributed by atoms with Crippen molar-refractivity contribution in [3.8, 4) is 0 Å². The molecule has 0 saturated heterocycles. The Morgan fingerprint density at radius 2 is 0.333 bits per heavy atom. The van der Waals surface area contributed by atoms with Crippen LogP contribution in [0.25, 0.3) is 0 Å². The number of hydrogen-bond acceptors (Lipinski definition) is 0. The van der Waals surface area contributed by atoms with Gasteiger partial charge in [-0.1, -0.05) is 0 Å². The normalized spacial score (nSPS) is 0. The van der Waals surface area contributed by atoms with Crippen LogP contribution in [0, 0.1) is 0 Å². The second-order valence-electron chi connectivity index (χ2n) is 0. The zero-order valence-electron chi connectivity index (χ0n) is 4.62. The number of hydrogen-bond donors (Lipinski definition) is 0. The van der Waals surface area contributed by atoms with Crippen LogP contribution in [0.15, 0.2) is 0 Å². The molecule has 9 heteroatoms. The van der Waals surface area contributed by atoms with Gasteiger partial charge >= 0.3 is 0 Å². The molecule has 0 rings (SSSR count). The van der Waals surface area contributed by atoms with Crippen LogP contribution in [0.3, 0.4) is 0 Å². The third-order valence-electron chi connectivity index (χ3n) is 0. The Balaban J connectivity index is 0. The van der Waals surface area contributed by atoms with Crippen LogP contribution in [0.4, 0.5) is 0 Å². The van der Waals surface area contributed by atoms with Crippen molar-refractivity contribution in [2.45, 2.75) is 0 Å². The smallest absolute Gasteiger partial charge is 0 e. The third kappa shape index (κ3) is 494. The fourth-order valence-electron chi connectivity index (χ4n) is 0. The molecule has 66 valence electrons. The molecule has 0 atom stereocenters. The van der Waals surface area contributed by atoms with E-state index in [0.717, 1.165) is 0 Å². The summed E-state index contributed by atoms with van der Waals surface area (Å²) in [5.41, 5.74) is 0. The number of rotatable bonds is 0. The van der Waals surface area contributed by atoms with Gasteiger partial charge in [-0.05, 0) is 0 Å². The predicted molar refractivity (Wildman–Crippen MR) is 32.5 cm³/mol. The average molecular weight is 275 g/mol. The molecule has 0 fully saturated rings. The van der Waals surface area contributed by atoms with Crippen molar-refractivity contribution >= 4 is 12.4 Å². The Morgan fingerprint density at radius 1 is 0.333 bits per heavy atom. The Labute approximate surface area is 78.2 Å². The van der Waals surface area contributed by atoms with E-state index in [1.54, 1.807) is 0 Å². The molecule has 14 N–H and O–H groups in total. The van der Waals surface area contributed by atoms with E-state index in [2.05, 4.69) is 0 Å². The van der Waals surface area contributed by atoms with Gasteiger partial charge in [0.05, 0.1) is 0 Å². The molecular formula is H15CdClO7. The summed E-state index contributed by atoms with van der Waals surface area (Å²) in [7, 11) is 0. The first-order valence-electron chi connectivity index (χ1n) is 0. The Hall–Kier alpha value is 0.932. The largest absolute Gasteiger partial charge is 0.412 e. The molecule has 0 spiro atoms. The van der Waals surface area contributed by atoms with E-state index in [0.29, 0.717) is 0 Å². The average Bonchev–Trinajstić information content (AvgIpc) is 0. The van der Waals surface area contributed by atoms with Gasteiger partial charge in [-0.3, -0.25) is 0 Å². The van der Waals surface area contributed by atoms with Crippen LogP contribution in [-0.4, -0.2) is 38.3 Å². The molecule has 0 aromatic heterocycles. The van der Waals surface area contributed by atoms with Gasteiger partial charge in [-0.2, -0.15) is 0 Å². The molecule has 0 aliphatic carbocycles. The molecular weight excluding hydrogens is 260 g/mol. The van der Waals surface area contributed by atoms with Crippen LogP contribution >= 0.6 is 12.4 Å². The van der Waals surface area contributed by atoms with Crippen LogP contribution in [-0.2, 0) is 27.3 Å². The summed E-state index contributed by atoms with van der Waals surface area (Å²) in [4.78, 5) is 0. The summed E-state index contributed by atoms with van der Waals surface area (Å²) >= 11 is 0. The predicted octanol–water partition coefficient (Wildman–Crippen LogP) is -5.35. The van der Waals surface area contributed by atoms with Gasteiger partial charge in [0.1, 0.15) is 0 Å². The standard InChI is InChI=1S/Cd.ClH.7H2O/h;1H;7*1H2. The first-order chi connectivity index (χ1) is 0. The fraction of sp³-hybridized carbons (Fsp3) is 0. The first-order valence-corrected chi connectivity index (χ1v) is 0.